The van der Waals surface area contributed by atoms with Gasteiger partial charge in [0.1, 0.15) is 5.69 Å². The molecule has 1 saturated carbocycles. The van der Waals surface area contributed by atoms with E-state index in [1.54, 1.807) is 0 Å². The number of fused-ring (bicyclic) bond motifs is 1. The molecule has 210 valence electrons. The van der Waals surface area contributed by atoms with Crippen LogP contribution in [0.15, 0.2) is 60.7 Å². The molecule has 3 atom stereocenters. The summed E-state index contributed by atoms with van der Waals surface area (Å²) in [6.45, 7) is 6.12. The molecule has 4 rings (SSSR count). The number of hydrogen-bond acceptors (Lipinski definition) is 3. The van der Waals surface area contributed by atoms with Gasteiger partial charge in [0, 0.05) is 36.6 Å². The zero-order valence-electron chi connectivity index (χ0n) is 23.9. The predicted octanol–water partition coefficient (Wildman–Crippen LogP) is 5.61. The molecule has 2 amide bonds. The Labute approximate surface area is 233 Å². The van der Waals surface area contributed by atoms with Gasteiger partial charge in [0.15, 0.2) is 0 Å². The summed E-state index contributed by atoms with van der Waals surface area (Å²) in [6, 6.07) is 20.5. The van der Waals surface area contributed by atoms with Crippen LogP contribution in [0.3, 0.4) is 0 Å². The first-order valence-corrected chi connectivity index (χ1v) is 14.8. The molecule has 1 aliphatic carbocycles. The van der Waals surface area contributed by atoms with E-state index in [0.717, 1.165) is 75.4 Å². The first-order valence-electron chi connectivity index (χ1n) is 14.8. The van der Waals surface area contributed by atoms with Gasteiger partial charge < -0.3 is 20.5 Å². The molecule has 1 aliphatic rings. The molecule has 0 aliphatic heterocycles. The van der Waals surface area contributed by atoms with Crippen molar-refractivity contribution in [2.75, 3.05) is 13.1 Å². The van der Waals surface area contributed by atoms with E-state index in [4.69, 9.17) is 0 Å². The lowest BCUT2D eigenvalue weighted by molar-refractivity contribution is -0.127. The average Bonchev–Trinajstić information content (AvgIpc) is 3.27. The Morgan fingerprint density at radius 3 is 2.49 bits per heavy atom. The van der Waals surface area contributed by atoms with Gasteiger partial charge in [-0.15, -0.1) is 0 Å². The van der Waals surface area contributed by atoms with Crippen molar-refractivity contribution in [2.45, 2.75) is 77.3 Å². The van der Waals surface area contributed by atoms with Crippen molar-refractivity contribution < 1.29 is 9.59 Å². The number of aryl methyl sites for hydroxylation is 2. The second kappa shape index (κ2) is 14.3. The lowest BCUT2D eigenvalue weighted by Crippen LogP contribution is -2.52. The Bertz CT molecular complexity index is 1200. The molecular formula is C33H46N4O2. The average molecular weight is 531 g/mol. The predicted molar refractivity (Wildman–Crippen MR) is 160 cm³/mol. The first-order chi connectivity index (χ1) is 18.9. The van der Waals surface area contributed by atoms with E-state index in [1.165, 1.54) is 5.56 Å². The third-order valence-electron chi connectivity index (χ3n) is 8.01. The van der Waals surface area contributed by atoms with Crippen LogP contribution in [0.2, 0.25) is 0 Å². The smallest absolute Gasteiger partial charge is 0.268 e. The number of aromatic nitrogens is 1. The van der Waals surface area contributed by atoms with Gasteiger partial charge in [-0.3, -0.25) is 9.59 Å². The van der Waals surface area contributed by atoms with Crippen molar-refractivity contribution in [3.8, 4) is 0 Å². The molecule has 1 fully saturated rings. The minimum atomic E-state index is -0.196. The van der Waals surface area contributed by atoms with Crippen LogP contribution < -0.4 is 16.0 Å². The molecule has 3 aromatic rings. The van der Waals surface area contributed by atoms with Gasteiger partial charge in [0.05, 0.1) is 5.92 Å². The lowest BCUT2D eigenvalue weighted by Gasteiger charge is -2.33. The third kappa shape index (κ3) is 8.18. The van der Waals surface area contributed by atoms with Crippen molar-refractivity contribution >= 4 is 22.7 Å². The Balaban J connectivity index is 1.29. The molecule has 2 aromatic carbocycles. The Morgan fingerprint density at radius 2 is 1.72 bits per heavy atom. The second-order valence-corrected chi connectivity index (χ2v) is 11.6. The second-order valence-electron chi connectivity index (χ2n) is 11.6. The number of rotatable bonds is 13. The molecule has 0 saturated heterocycles. The maximum absolute atomic E-state index is 13.5. The fourth-order valence-corrected chi connectivity index (χ4v) is 5.94. The summed E-state index contributed by atoms with van der Waals surface area (Å²) in [7, 11) is 1.92. The number of nitrogens with one attached hydrogen (secondary N) is 3. The molecular weight excluding hydrogens is 484 g/mol. The van der Waals surface area contributed by atoms with Crippen molar-refractivity contribution in [1.82, 2.24) is 20.5 Å². The van der Waals surface area contributed by atoms with Crippen molar-refractivity contribution in [3.63, 3.8) is 0 Å². The summed E-state index contributed by atoms with van der Waals surface area (Å²) >= 11 is 0. The van der Waals surface area contributed by atoms with Crippen molar-refractivity contribution in [2.24, 2.45) is 18.9 Å². The van der Waals surface area contributed by atoms with E-state index in [1.807, 2.05) is 41.9 Å². The molecule has 0 radical (unpaired) electrons. The molecule has 39 heavy (non-hydrogen) atoms. The standard InChI is InChI=1S/C33H46N4O2/c1-24(2)21-27(23-34-20-12-11-15-25-13-5-4-6-14-25)35-32(38)28-17-8-9-18-29(28)36-33(39)31-22-26-16-7-10-19-30(26)37(31)3/h4-7,10,13-14,16,19,22,24,27-29,34H,8-9,11-12,15,17-18,20-21,23H2,1-3H3,(H,35,38)(H,36,39)/t27?,28-,29+/m1/s1. The van der Waals surface area contributed by atoms with Crippen LogP contribution in [0.4, 0.5) is 0 Å². The lowest BCUT2D eigenvalue weighted by atomic mass is 9.83. The molecule has 1 unspecified atom stereocenters. The fraction of sp³-hybridized carbons (Fsp3) is 0.515. The minimum absolute atomic E-state index is 0.0774. The molecule has 1 aromatic heterocycles. The van der Waals surface area contributed by atoms with Gasteiger partial charge in [-0.1, -0.05) is 75.2 Å². The number of carbonyl (C=O) groups excluding carboxylic acids is 2. The van der Waals surface area contributed by atoms with Crippen molar-refractivity contribution in [3.05, 3.63) is 71.9 Å². The number of unbranched alkanes of at least 4 members (excludes halogenated alkanes) is 1. The highest BCUT2D eigenvalue weighted by molar-refractivity contribution is 5.99. The quantitative estimate of drug-likeness (QED) is 0.252. The molecule has 6 nitrogen and oxygen atoms in total. The van der Waals surface area contributed by atoms with Gasteiger partial charge in [-0.05, 0) is 68.7 Å². The molecule has 1 heterocycles. The van der Waals surface area contributed by atoms with Gasteiger partial charge in [0.2, 0.25) is 5.91 Å². The monoisotopic (exact) mass is 530 g/mol. The highest BCUT2D eigenvalue weighted by Crippen LogP contribution is 2.26. The van der Waals surface area contributed by atoms with Crippen LogP contribution >= 0.6 is 0 Å². The number of carbonyl (C=O) groups is 2. The molecule has 0 spiro atoms. The zero-order chi connectivity index (χ0) is 27.6. The minimum Gasteiger partial charge on any atom is -0.352 e. The van der Waals surface area contributed by atoms with E-state index in [2.05, 4.69) is 60.1 Å². The van der Waals surface area contributed by atoms with E-state index >= 15 is 0 Å². The third-order valence-corrected chi connectivity index (χ3v) is 8.01. The van der Waals surface area contributed by atoms with Crippen LogP contribution in [-0.4, -0.2) is 41.6 Å². The van der Waals surface area contributed by atoms with Gasteiger partial charge >= 0.3 is 0 Å². The number of nitrogens with zero attached hydrogens (tertiary/aromatic N) is 1. The Kier molecular flexibility index (Phi) is 10.6. The maximum Gasteiger partial charge on any atom is 0.268 e. The summed E-state index contributed by atoms with van der Waals surface area (Å²) in [5.74, 6) is 0.268. The summed E-state index contributed by atoms with van der Waals surface area (Å²) in [5, 5.41) is 11.2. The highest BCUT2D eigenvalue weighted by atomic mass is 16.2. The van der Waals surface area contributed by atoms with Crippen LogP contribution in [0.5, 0.6) is 0 Å². The number of para-hydroxylation sites is 1. The van der Waals surface area contributed by atoms with E-state index in [9.17, 15) is 9.59 Å². The Morgan fingerprint density at radius 1 is 0.974 bits per heavy atom. The zero-order valence-corrected chi connectivity index (χ0v) is 23.9. The van der Waals surface area contributed by atoms with Gasteiger partial charge in [-0.2, -0.15) is 0 Å². The van der Waals surface area contributed by atoms with Gasteiger partial charge in [0.25, 0.3) is 5.91 Å². The maximum atomic E-state index is 13.5. The normalized spacial score (nSPS) is 18.3. The summed E-state index contributed by atoms with van der Waals surface area (Å²) in [5.41, 5.74) is 3.05. The van der Waals surface area contributed by atoms with Crippen LogP contribution in [0.1, 0.15) is 74.8 Å². The molecule has 0 bridgehead atoms. The Hall–Kier alpha value is -3.12. The summed E-state index contributed by atoms with van der Waals surface area (Å²) in [6.07, 6.45) is 8.00. The molecule has 3 N–H and O–H groups in total. The van der Waals surface area contributed by atoms with Crippen molar-refractivity contribution in [1.29, 1.82) is 0 Å². The van der Waals surface area contributed by atoms with Crippen LogP contribution in [-0.2, 0) is 18.3 Å². The van der Waals surface area contributed by atoms with Crippen LogP contribution in [0.25, 0.3) is 10.9 Å². The number of amides is 2. The number of benzene rings is 2. The van der Waals surface area contributed by atoms with Crippen LogP contribution in [0, 0.1) is 11.8 Å². The van der Waals surface area contributed by atoms with E-state index in [-0.39, 0.29) is 29.8 Å². The summed E-state index contributed by atoms with van der Waals surface area (Å²) < 4.78 is 1.94. The summed E-state index contributed by atoms with van der Waals surface area (Å²) in [4.78, 5) is 26.8. The van der Waals surface area contributed by atoms with E-state index in [0.29, 0.717) is 11.6 Å². The van der Waals surface area contributed by atoms with E-state index < -0.39 is 0 Å². The largest absolute Gasteiger partial charge is 0.352 e. The van der Waals surface area contributed by atoms with Gasteiger partial charge in [-0.25, -0.2) is 0 Å². The molecule has 6 heteroatoms. The SMILES string of the molecule is CC(C)CC(CNCCCCc1ccccc1)NC(=O)[C@@H]1CCCC[C@@H]1NC(=O)c1cc2ccccc2n1C. The first kappa shape index (κ1) is 28.9. The topological polar surface area (TPSA) is 75.2 Å². The number of hydrogen-bond donors (Lipinski definition) is 3. The highest BCUT2D eigenvalue weighted by Gasteiger charge is 2.33. The fourth-order valence-electron chi connectivity index (χ4n) is 5.94.